The molecule has 4 nitrogen and oxygen atoms in total. The molecule has 0 fully saturated rings. The lowest BCUT2D eigenvalue weighted by molar-refractivity contribution is 0.340. The zero-order valence-electron chi connectivity index (χ0n) is 17.0. The third-order valence-corrected chi connectivity index (χ3v) is 6.20. The van der Waals surface area contributed by atoms with Crippen LogP contribution in [0.25, 0.3) is 21.9 Å². The lowest BCUT2D eigenvalue weighted by Gasteiger charge is -2.41. The van der Waals surface area contributed by atoms with Gasteiger partial charge in [-0.3, -0.25) is 0 Å². The Labute approximate surface area is 165 Å². The summed E-state index contributed by atoms with van der Waals surface area (Å²) in [6.45, 7) is 10.2. The van der Waals surface area contributed by atoms with Crippen molar-refractivity contribution in [1.29, 1.82) is 0 Å². The first-order valence-electron chi connectivity index (χ1n) is 9.94. The van der Waals surface area contributed by atoms with Gasteiger partial charge in [0.15, 0.2) is 5.82 Å². The van der Waals surface area contributed by atoms with Gasteiger partial charge < -0.3 is 9.88 Å². The number of rotatable bonds is 1. The number of benzene rings is 2. The van der Waals surface area contributed by atoms with Crippen molar-refractivity contribution >= 4 is 27.8 Å². The molecule has 28 heavy (non-hydrogen) atoms. The Bertz CT molecular complexity index is 1190. The molecule has 0 radical (unpaired) electrons. The summed E-state index contributed by atoms with van der Waals surface area (Å²) in [5.74, 6) is 0.985. The van der Waals surface area contributed by atoms with Gasteiger partial charge in [0, 0.05) is 23.0 Å². The molecule has 1 aliphatic rings. The van der Waals surface area contributed by atoms with Crippen LogP contribution in [0, 0.1) is 0 Å². The van der Waals surface area contributed by atoms with Crippen molar-refractivity contribution < 1.29 is 0 Å². The number of hydrogen-bond acceptors (Lipinski definition) is 3. The maximum Gasteiger partial charge on any atom is 0.157 e. The van der Waals surface area contributed by atoms with E-state index >= 15 is 0 Å². The normalized spacial score (nSPS) is 18.2. The highest BCUT2D eigenvalue weighted by molar-refractivity contribution is 6.08. The van der Waals surface area contributed by atoms with E-state index in [9.17, 15) is 0 Å². The van der Waals surface area contributed by atoms with Crippen molar-refractivity contribution in [3.8, 4) is 0 Å². The van der Waals surface area contributed by atoms with Crippen LogP contribution in [0.15, 0.2) is 54.9 Å². The van der Waals surface area contributed by atoms with E-state index in [2.05, 4.69) is 91.1 Å². The summed E-state index contributed by atoms with van der Waals surface area (Å²) in [5.41, 5.74) is 5.98. The Balaban J connectivity index is 1.74. The van der Waals surface area contributed by atoms with E-state index in [1.165, 1.54) is 11.1 Å². The molecule has 2 aromatic heterocycles. The topological polar surface area (TPSA) is 44.8 Å². The van der Waals surface area contributed by atoms with Gasteiger partial charge in [-0.25, -0.2) is 9.97 Å². The molecule has 2 aromatic carbocycles. The summed E-state index contributed by atoms with van der Waals surface area (Å²) in [6.07, 6.45) is 2.75. The van der Waals surface area contributed by atoms with Crippen molar-refractivity contribution in [3.63, 3.8) is 0 Å². The Morgan fingerprint density at radius 1 is 0.929 bits per heavy atom. The lowest BCUT2D eigenvalue weighted by Crippen LogP contribution is -2.45. The van der Waals surface area contributed by atoms with E-state index in [1.54, 1.807) is 6.33 Å². The predicted molar refractivity (Wildman–Crippen MR) is 116 cm³/mol. The van der Waals surface area contributed by atoms with Gasteiger partial charge in [-0.15, -0.1) is 0 Å². The van der Waals surface area contributed by atoms with E-state index in [4.69, 9.17) is 4.98 Å². The van der Waals surface area contributed by atoms with Gasteiger partial charge in [0.2, 0.25) is 0 Å². The quantitative estimate of drug-likeness (QED) is 0.476. The zero-order chi connectivity index (χ0) is 19.5. The molecule has 0 atom stereocenters. The molecular formula is C24H26N4. The Hall–Kier alpha value is -2.88. The first-order chi connectivity index (χ1) is 13.4. The van der Waals surface area contributed by atoms with Crippen LogP contribution in [0.2, 0.25) is 0 Å². The van der Waals surface area contributed by atoms with Crippen LogP contribution in [-0.2, 0) is 12.0 Å². The molecule has 5 rings (SSSR count). The van der Waals surface area contributed by atoms with Crippen LogP contribution in [0.1, 0.15) is 45.2 Å². The SMILES string of the molecule is CC1(C)CC(C)(C)N(c2ncnc3c2[nH]c2ccccc23)Cc2ccccc21. The van der Waals surface area contributed by atoms with E-state index < -0.39 is 0 Å². The van der Waals surface area contributed by atoms with Crippen molar-refractivity contribution in [2.75, 3.05) is 4.90 Å². The molecule has 0 amide bonds. The molecule has 1 aliphatic heterocycles. The second kappa shape index (κ2) is 5.81. The highest BCUT2D eigenvalue weighted by atomic mass is 15.3. The van der Waals surface area contributed by atoms with E-state index in [0.717, 1.165) is 40.7 Å². The van der Waals surface area contributed by atoms with Gasteiger partial charge in [0.1, 0.15) is 17.4 Å². The second-order valence-corrected chi connectivity index (χ2v) is 9.21. The number of H-pyrrole nitrogens is 1. The summed E-state index contributed by atoms with van der Waals surface area (Å²) in [6, 6.07) is 17.2. The molecule has 142 valence electrons. The monoisotopic (exact) mass is 370 g/mol. The fourth-order valence-electron chi connectivity index (χ4n) is 5.17. The molecule has 1 N–H and O–H groups in total. The highest BCUT2D eigenvalue weighted by Gasteiger charge is 2.40. The molecule has 0 bridgehead atoms. The Morgan fingerprint density at radius 3 is 2.54 bits per heavy atom. The van der Waals surface area contributed by atoms with Crippen LogP contribution < -0.4 is 4.90 Å². The lowest BCUT2D eigenvalue weighted by atomic mass is 9.75. The Kier molecular flexibility index (Phi) is 3.57. The first-order valence-corrected chi connectivity index (χ1v) is 9.94. The first kappa shape index (κ1) is 17.2. The summed E-state index contributed by atoms with van der Waals surface area (Å²) in [5, 5.41) is 1.15. The van der Waals surface area contributed by atoms with Crippen LogP contribution >= 0.6 is 0 Å². The van der Waals surface area contributed by atoms with Crippen molar-refractivity contribution in [3.05, 3.63) is 66.0 Å². The molecule has 0 saturated carbocycles. The standard InChI is InChI=1S/C24H26N4/c1-23(2)14-24(3,4)28(13-16-9-5-7-11-18(16)23)22-21-20(25-15-26-22)17-10-6-8-12-19(17)27-21/h5-12,15,27H,13-14H2,1-4H3. The molecule has 4 heteroatoms. The van der Waals surface area contributed by atoms with Gasteiger partial charge in [0.05, 0.1) is 0 Å². The number of anilines is 1. The van der Waals surface area contributed by atoms with Gasteiger partial charge in [-0.05, 0) is 42.9 Å². The van der Waals surface area contributed by atoms with E-state index in [-0.39, 0.29) is 11.0 Å². The van der Waals surface area contributed by atoms with Crippen molar-refractivity contribution in [2.45, 2.75) is 51.6 Å². The van der Waals surface area contributed by atoms with Gasteiger partial charge >= 0.3 is 0 Å². The maximum absolute atomic E-state index is 4.77. The van der Waals surface area contributed by atoms with Crippen LogP contribution in [0.3, 0.4) is 0 Å². The maximum atomic E-state index is 4.77. The number of para-hydroxylation sites is 1. The van der Waals surface area contributed by atoms with Gasteiger partial charge in [-0.1, -0.05) is 56.3 Å². The number of fused-ring (bicyclic) bond motifs is 4. The van der Waals surface area contributed by atoms with Crippen molar-refractivity contribution in [2.24, 2.45) is 0 Å². The molecule has 0 saturated heterocycles. The number of hydrogen-bond donors (Lipinski definition) is 1. The minimum atomic E-state index is -0.0545. The van der Waals surface area contributed by atoms with Crippen LogP contribution in [0.5, 0.6) is 0 Å². The van der Waals surface area contributed by atoms with E-state index in [0.29, 0.717) is 0 Å². The second-order valence-electron chi connectivity index (χ2n) is 9.21. The summed E-state index contributed by atoms with van der Waals surface area (Å²) in [7, 11) is 0. The largest absolute Gasteiger partial charge is 0.350 e. The van der Waals surface area contributed by atoms with E-state index in [1.807, 2.05) is 0 Å². The third-order valence-electron chi connectivity index (χ3n) is 6.20. The fourth-order valence-corrected chi connectivity index (χ4v) is 5.17. The minimum Gasteiger partial charge on any atom is -0.350 e. The molecule has 0 unspecified atom stereocenters. The molecular weight excluding hydrogens is 344 g/mol. The molecule has 4 aromatic rings. The number of aromatic amines is 1. The average Bonchev–Trinajstić information content (AvgIpc) is 3.01. The van der Waals surface area contributed by atoms with Crippen LogP contribution in [-0.4, -0.2) is 20.5 Å². The number of aromatic nitrogens is 3. The average molecular weight is 371 g/mol. The minimum absolute atomic E-state index is 0.0545. The molecule has 0 spiro atoms. The van der Waals surface area contributed by atoms with Crippen molar-refractivity contribution in [1.82, 2.24) is 15.0 Å². The highest BCUT2D eigenvalue weighted by Crippen LogP contribution is 2.43. The summed E-state index contributed by atoms with van der Waals surface area (Å²) >= 11 is 0. The van der Waals surface area contributed by atoms with Crippen LogP contribution in [0.4, 0.5) is 5.82 Å². The smallest absolute Gasteiger partial charge is 0.157 e. The zero-order valence-corrected chi connectivity index (χ0v) is 17.0. The summed E-state index contributed by atoms with van der Waals surface area (Å²) < 4.78 is 0. The molecule has 0 aliphatic carbocycles. The summed E-state index contributed by atoms with van der Waals surface area (Å²) in [4.78, 5) is 15.4. The number of nitrogens with zero attached hydrogens (tertiary/aromatic N) is 3. The third kappa shape index (κ3) is 2.51. The number of nitrogens with one attached hydrogen (secondary N) is 1. The fraction of sp³-hybridized carbons (Fsp3) is 0.333. The van der Waals surface area contributed by atoms with Gasteiger partial charge in [-0.2, -0.15) is 0 Å². The predicted octanol–water partition coefficient (Wildman–Crippen LogP) is 5.58. The Morgan fingerprint density at radius 2 is 1.68 bits per heavy atom. The van der Waals surface area contributed by atoms with Gasteiger partial charge in [0.25, 0.3) is 0 Å². The molecule has 3 heterocycles.